The molecule has 0 saturated carbocycles. The maximum absolute atomic E-state index is 13.6. The standard InChI is InChI=1S/C20H24FNO/c1-3-15-9-14-4-5-19(15)22(11-14)7-6-16-12-23-20-10-18(21)13(2)8-17(16)20/h4-5,8,10,12,14-15,19H,3,6-7,9,11H2,1-2H3. The summed E-state index contributed by atoms with van der Waals surface area (Å²) >= 11 is 0. The molecule has 1 aliphatic carbocycles. The summed E-state index contributed by atoms with van der Waals surface area (Å²) in [5, 5.41) is 1.06. The lowest BCUT2D eigenvalue weighted by Crippen LogP contribution is -2.50. The van der Waals surface area contributed by atoms with Crippen LogP contribution in [0.5, 0.6) is 0 Å². The SMILES string of the molecule is CCC1CC2C=CC1N(CCc1coc3cc(F)c(C)cc13)C2. The van der Waals surface area contributed by atoms with Crippen molar-refractivity contribution in [3.63, 3.8) is 0 Å². The van der Waals surface area contributed by atoms with Gasteiger partial charge in [-0.05, 0) is 48.8 Å². The van der Waals surface area contributed by atoms with Gasteiger partial charge in [0.25, 0.3) is 0 Å². The van der Waals surface area contributed by atoms with Gasteiger partial charge in [-0.2, -0.15) is 0 Å². The van der Waals surface area contributed by atoms with E-state index in [1.54, 1.807) is 6.26 Å². The van der Waals surface area contributed by atoms with Gasteiger partial charge in [0, 0.05) is 30.6 Å². The van der Waals surface area contributed by atoms with Crippen molar-refractivity contribution in [3.05, 3.63) is 47.5 Å². The van der Waals surface area contributed by atoms with Crippen LogP contribution < -0.4 is 0 Å². The van der Waals surface area contributed by atoms with E-state index in [0.717, 1.165) is 30.2 Å². The zero-order valence-electron chi connectivity index (χ0n) is 13.9. The van der Waals surface area contributed by atoms with Crippen LogP contribution in [0.25, 0.3) is 11.0 Å². The first-order valence-electron chi connectivity index (χ1n) is 8.74. The summed E-state index contributed by atoms with van der Waals surface area (Å²) in [5.41, 5.74) is 2.54. The Hall–Kier alpha value is -1.61. The highest BCUT2D eigenvalue weighted by Gasteiger charge is 2.35. The molecule has 0 spiro atoms. The molecule has 3 heteroatoms. The molecule has 1 saturated heterocycles. The first-order chi connectivity index (χ1) is 11.2. The molecule has 2 aromatic rings. The van der Waals surface area contributed by atoms with Crippen molar-refractivity contribution in [2.45, 2.75) is 39.2 Å². The average Bonchev–Trinajstić information content (AvgIpc) is 2.95. The van der Waals surface area contributed by atoms with Crippen LogP contribution in [0, 0.1) is 24.6 Å². The van der Waals surface area contributed by atoms with Crippen molar-refractivity contribution in [2.24, 2.45) is 11.8 Å². The van der Waals surface area contributed by atoms with E-state index in [9.17, 15) is 4.39 Å². The van der Waals surface area contributed by atoms with E-state index < -0.39 is 0 Å². The molecular weight excluding hydrogens is 289 g/mol. The number of aryl methyl sites for hydroxylation is 1. The van der Waals surface area contributed by atoms with Crippen molar-refractivity contribution in [1.82, 2.24) is 4.90 Å². The van der Waals surface area contributed by atoms with Crippen LogP contribution in [0.3, 0.4) is 0 Å². The van der Waals surface area contributed by atoms with Crippen molar-refractivity contribution in [2.75, 3.05) is 13.1 Å². The number of furan rings is 1. The second kappa shape index (κ2) is 5.79. The molecule has 0 amide bonds. The molecule has 3 heterocycles. The van der Waals surface area contributed by atoms with Gasteiger partial charge >= 0.3 is 0 Å². The Kier molecular flexibility index (Phi) is 3.76. The molecule has 3 aliphatic rings. The Morgan fingerprint density at radius 1 is 1.30 bits per heavy atom. The number of benzene rings is 1. The molecule has 2 bridgehead atoms. The van der Waals surface area contributed by atoms with Crippen molar-refractivity contribution in [1.29, 1.82) is 0 Å². The summed E-state index contributed by atoms with van der Waals surface area (Å²) in [4.78, 5) is 2.62. The molecule has 3 atom stereocenters. The Bertz CT molecular complexity index is 747. The summed E-state index contributed by atoms with van der Waals surface area (Å²) in [6.07, 6.45) is 10.2. The summed E-state index contributed by atoms with van der Waals surface area (Å²) < 4.78 is 19.2. The fraction of sp³-hybridized carbons (Fsp3) is 0.500. The quantitative estimate of drug-likeness (QED) is 0.760. The number of hydrogen-bond donors (Lipinski definition) is 0. The molecule has 23 heavy (non-hydrogen) atoms. The van der Waals surface area contributed by atoms with E-state index in [-0.39, 0.29) is 5.82 Å². The Morgan fingerprint density at radius 3 is 2.96 bits per heavy atom. The summed E-state index contributed by atoms with van der Waals surface area (Å²) in [6.45, 7) is 6.35. The number of nitrogens with zero attached hydrogens (tertiary/aromatic N) is 1. The molecule has 1 fully saturated rings. The van der Waals surface area contributed by atoms with Crippen LogP contribution >= 0.6 is 0 Å². The van der Waals surface area contributed by atoms with Gasteiger partial charge in [0.05, 0.1) is 6.26 Å². The Balaban J connectivity index is 1.51. The molecule has 1 aromatic carbocycles. The summed E-state index contributed by atoms with van der Waals surface area (Å²) in [7, 11) is 0. The van der Waals surface area contributed by atoms with Crippen molar-refractivity contribution >= 4 is 11.0 Å². The molecule has 2 aliphatic heterocycles. The predicted molar refractivity (Wildman–Crippen MR) is 91.0 cm³/mol. The van der Waals surface area contributed by atoms with Gasteiger partial charge in [0.1, 0.15) is 11.4 Å². The third-order valence-corrected chi connectivity index (χ3v) is 5.69. The minimum absolute atomic E-state index is 0.192. The molecule has 2 nitrogen and oxygen atoms in total. The number of piperidine rings is 1. The van der Waals surface area contributed by atoms with Gasteiger partial charge < -0.3 is 4.42 Å². The van der Waals surface area contributed by atoms with Gasteiger partial charge in [-0.3, -0.25) is 4.90 Å². The number of rotatable bonds is 4. The lowest BCUT2D eigenvalue weighted by molar-refractivity contribution is 0.0826. The minimum Gasteiger partial charge on any atom is -0.464 e. The zero-order chi connectivity index (χ0) is 16.0. The Labute approximate surface area is 137 Å². The predicted octanol–water partition coefficient (Wildman–Crippen LogP) is 4.71. The molecule has 3 unspecified atom stereocenters. The van der Waals surface area contributed by atoms with E-state index in [2.05, 4.69) is 24.0 Å². The van der Waals surface area contributed by atoms with Gasteiger partial charge in [-0.25, -0.2) is 4.39 Å². The highest BCUT2D eigenvalue weighted by Crippen LogP contribution is 2.36. The molecule has 122 valence electrons. The first kappa shape index (κ1) is 14.9. The second-order valence-electron chi connectivity index (χ2n) is 7.14. The van der Waals surface area contributed by atoms with Gasteiger partial charge in [-0.1, -0.05) is 25.5 Å². The fourth-order valence-electron chi connectivity index (χ4n) is 4.33. The second-order valence-corrected chi connectivity index (χ2v) is 7.14. The molecule has 1 aromatic heterocycles. The van der Waals surface area contributed by atoms with Gasteiger partial charge in [-0.15, -0.1) is 0 Å². The summed E-state index contributed by atoms with van der Waals surface area (Å²) in [5.74, 6) is 1.33. The third kappa shape index (κ3) is 2.61. The smallest absolute Gasteiger partial charge is 0.137 e. The molecule has 0 N–H and O–H groups in total. The zero-order valence-corrected chi connectivity index (χ0v) is 13.9. The molecule has 5 rings (SSSR count). The lowest BCUT2D eigenvalue weighted by atomic mass is 9.76. The van der Waals surface area contributed by atoms with Gasteiger partial charge in [0.2, 0.25) is 0 Å². The normalized spacial score (nSPS) is 27.2. The van der Waals surface area contributed by atoms with E-state index in [4.69, 9.17) is 4.42 Å². The van der Waals surface area contributed by atoms with Crippen LogP contribution in [0.15, 0.2) is 35.0 Å². The Morgan fingerprint density at radius 2 is 2.17 bits per heavy atom. The maximum atomic E-state index is 13.6. The first-order valence-corrected chi connectivity index (χ1v) is 8.74. The maximum Gasteiger partial charge on any atom is 0.137 e. The van der Waals surface area contributed by atoms with E-state index in [0.29, 0.717) is 17.2 Å². The monoisotopic (exact) mass is 313 g/mol. The van der Waals surface area contributed by atoms with Crippen molar-refractivity contribution < 1.29 is 8.81 Å². The van der Waals surface area contributed by atoms with E-state index in [1.165, 1.54) is 31.0 Å². The minimum atomic E-state index is -0.192. The van der Waals surface area contributed by atoms with Crippen LogP contribution in [-0.4, -0.2) is 24.0 Å². The van der Waals surface area contributed by atoms with Crippen LogP contribution in [0.2, 0.25) is 0 Å². The molecular formula is C20H24FNO. The van der Waals surface area contributed by atoms with Crippen LogP contribution in [0.4, 0.5) is 4.39 Å². The summed E-state index contributed by atoms with van der Waals surface area (Å²) in [6, 6.07) is 4.02. The fourth-order valence-corrected chi connectivity index (χ4v) is 4.33. The highest BCUT2D eigenvalue weighted by molar-refractivity contribution is 5.81. The average molecular weight is 313 g/mol. The number of hydrogen-bond acceptors (Lipinski definition) is 2. The topological polar surface area (TPSA) is 16.4 Å². The van der Waals surface area contributed by atoms with Crippen molar-refractivity contribution in [3.8, 4) is 0 Å². The highest BCUT2D eigenvalue weighted by atomic mass is 19.1. The van der Waals surface area contributed by atoms with Crippen LogP contribution in [0.1, 0.15) is 30.9 Å². The molecule has 0 radical (unpaired) electrons. The van der Waals surface area contributed by atoms with Crippen LogP contribution in [-0.2, 0) is 6.42 Å². The van der Waals surface area contributed by atoms with Gasteiger partial charge in [0.15, 0.2) is 0 Å². The van der Waals surface area contributed by atoms with E-state index >= 15 is 0 Å². The lowest BCUT2D eigenvalue weighted by Gasteiger charge is -2.46. The number of fused-ring (bicyclic) bond motifs is 3. The number of halogens is 1. The third-order valence-electron chi connectivity index (χ3n) is 5.69. The van der Waals surface area contributed by atoms with E-state index in [1.807, 2.05) is 13.0 Å². The largest absolute Gasteiger partial charge is 0.464 e.